The van der Waals surface area contributed by atoms with E-state index in [0.717, 1.165) is 30.7 Å². The molecule has 0 amide bonds. The number of nitrogens with zero attached hydrogens (tertiary/aromatic N) is 4. The molecule has 2 heterocycles. The maximum atomic E-state index is 4.47. The number of guanidine groups is 1. The molecule has 0 aliphatic carbocycles. The number of hydrogen-bond donors (Lipinski definition) is 2. The number of piperidine rings is 1. The monoisotopic (exact) mass is 334 g/mol. The summed E-state index contributed by atoms with van der Waals surface area (Å²) in [6.45, 7) is 12.9. The predicted octanol–water partition coefficient (Wildman–Crippen LogP) is 1.82. The molecule has 1 aromatic heterocycles. The van der Waals surface area contributed by atoms with Crippen molar-refractivity contribution < 1.29 is 0 Å². The van der Waals surface area contributed by atoms with Crippen LogP contribution in [0, 0.1) is 19.8 Å². The zero-order valence-corrected chi connectivity index (χ0v) is 16.2. The highest BCUT2D eigenvalue weighted by Crippen LogP contribution is 2.17. The molecule has 1 fully saturated rings. The van der Waals surface area contributed by atoms with Crippen LogP contribution in [0.1, 0.15) is 43.6 Å². The number of aromatic nitrogens is 2. The molecule has 0 radical (unpaired) electrons. The van der Waals surface area contributed by atoms with Crippen LogP contribution in [0.5, 0.6) is 0 Å². The van der Waals surface area contributed by atoms with E-state index >= 15 is 0 Å². The van der Waals surface area contributed by atoms with Crippen LogP contribution in [0.2, 0.25) is 0 Å². The summed E-state index contributed by atoms with van der Waals surface area (Å²) >= 11 is 0. The lowest BCUT2D eigenvalue weighted by molar-refractivity contribution is 0.139. The van der Waals surface area contributed by atoms with Gasteiger partial charge in [0.15, 0.2) is 5.96 Å². The SMILES string of the molecule is CN=C(NCc1c(C)nn(C)c1C)NCC(C)N1CCCC(C)C1. The summed E-state index contributed by atoms with van der Waals surface area (Å²) in [6, 6.07) is 0.521. The summed E-state index contributed by atoms with van der Waals surface area (Å²) in [6.07, 6.45) is 2.68. The van der Waals surface area contributed by atoms with Gasteiger partial charge in [0, 0.05) is 51.0 Å². The van der Waals surface area contributed by atoms with Gasteiger partial charge in [-0.05, 0) is 46.1 Å². The molecule has 0 bridgehead atoms. The highest BCUT2D eigenvalue weighted by Gasteiger charge is 2.21. The minimum Gasteiger partial charge on any atom is -0.355 e. The summed E-state index contributed by atoms with van der Waals surface area (Å²) < 4.78 is 1.93. The molecule has 6 nitrogen and oxygen atoms in total. The van der Waals surface area contributed by atoms with Crippen LogP contribution in [0.3, 0.4) is 0 Å². The first-order chi connectivity index (χ1) is 11.4. The van der Waals surface area contributed by atoms with Gasteiger partial charge in [-0.3, -0.25) is 14.6 Å². The Morgan fingerprint density at radius 1 is 1.38 bits per heavy atom. The van der Waals surface area contributed by atoms with Crippen molar-refractivity contribution in [3.05, 3.63) is 17.0 Å². The third kappa shape index (κ3) is 4.72. The fraction of sp³-hybridized carbons (Fsp3) is 0.778. The van der Waals surface area contributed by atoms with Crippen molar-refractivity contribution in [2.24, 2.45) is 18.0 Å². The maximum absolute atomic E-state index is 4.47. The molecule has 136 valence electrons. The van der Waals surface area contributed by atoms with Gasteiger partial charge in [0.2, 0.25) is 0 Å². The van der Waals surface area contributed by atoms with Crippen molar-refractivity contribution in [3.63, 3.8) is 0 Å². The fourth-order valence-electron chi connectivity index (χ4n) is 3.47. The zero-order chi connectivity index (χ0) is 17.7. The minimum atomic E-state index is 0.521. The van der Waals surface area contributed by atoms with Crippen LogP contribution in [-0.2, 0) is 13.6 Å². The zero-order valence-electron chi connectivity index (χ0n) is 16.2. The van der Waals surface area contributed by atoms with Crippen molar-refractivity contribution in [1.82, 2.24) is 25.3 Å². The van der Waals surface area contributed by atoms with Crippen molar-refractivity contribution >= 4 is 5.96 Å². The van der Waals surface area contributed by atoms with Gasteiger partial charge in [0.25, 0.3) is 0 Å². The lowest BCUT2D eigenvalue weighted by Crippen LogP contribution is -2.48. The van der Waals surface area contributed by atoms with Crippen LogP contribution in [0.15, 0.2) is 4.99 Å². The van der Waals surface area contributed by atoms with Gasteiger partial charge in [0.1, 0.15) is 0 Å². The van der Waals surface area contributed by atoms with E-state index in [-0.39, 0.29) is 0 Å². The van der Waals surface area contributed by atoms with Crippen LogP contribution >= 0.6 is 0 Å². The molecule has 2 rings (SSSR count). The summed E-state index contributed by atoms with van der Waals surface area (Å²) in [4.78, 5) is 6.94. The number of nitrogens with one attached hydrogen (secondary N) is 2. The molecule has 24 heavy (non-hydrogen) atoms. The molecular weight excluding hydrogens is 300 g/mol. The maximum Gasteiger partial charge on any atom is 0.191 e. The number of aryl methyl sites for hydroxylation is 2. The van der Waals surface area contributed by atoms with E-state index in [1.54, 1.807) is 0 Å². The van der Waals surface area contributed by atoms with E-state index in [1.165, 1.54) is 37.2 Å². The first-order valence-corrected chi connectivity index (χ1v) is 9.10. The third-order valence-corrected chi connectivity index (χ3v) is 5.19. The van der Waals surface area contributed by atoms with Gasteiger partial charge in [-0.2, -0.15) is 5.10 Å². The second kappa shape index (κ2) is 8.51. The smallest absolute Gasteiger partial charge is 0.191 e. The van der Waals surface area contributed by atoms with Gasteiger partial charge in [0.05, 0.1) is 5.69 Å². The molecule has 2 unspecified atom stereocenters. The molecule has 0 spiro atoms. The summed E-state index contributed by atoms with van der Waals surface area (Å²) in [5.74, 6) is 1.67. The average molecular weight is 335 g/mol. The Labute approximate surface area is 146 Å². The lowest BCUT2D eigenvalue weighted by atomic mass is 9.99. The topological polar surface area (TPSA) is 57.5 Å². The molecule has 2 N–H and O–H groups in total. The van der Waals surface area contributed by atoms with Gasteiger partial charge < -0.3 is 10.6 Å². The van der Waals surface area contributed by atoms with Crippen LogP contribution in [0.4, 0.5) is 0 Å². The lowest BCUT2D eigenvalue weighted by Gasteiger charge is -2.35. The predicted molar refractivity (Wildman–Crippen MR) is 100 cm³/mol. The molecule has 0 aromatic carbocycles. The molecular formula is C18H34N6. The van der Waals surface area contributed by atoms with E-state index in [1.807, 2.05) is 18.8 Å². The van der Waals surface area contributed by atoms with Crippen molar-refractivity contribution in [2.45, 2.75) is 53.1 Å². The van der Waals surface area contributed by atoms with Gasteiger partial charge in [-0.25, -0.2) is 0 Å². The van der Waals surface area contributed by atoms with Gasteiger partial charge in [-0.1, -0.05) is 6.92 Å². The second-order valence-electron chi connectivity index (χ2n) is 7.17. The van der Waals surface area contributed by atoms with Crippen LogP contribution < -0.4 is 10.6 Å². The van der Waals surface area contributed by atoms with E-state index in [4.69, 9.17) is 0 Å². The average Bonchev–Trinajstić information content (AvgIpc) is 2.80. The summed E-state index contributed by atoms with van der Waals surface area (Å²) in [7, 11) is 3.81. The van der Waals surface area contributed by atoms with E-state index in [0.29, 0.717) is 6.04 Å². The number of hydrogen-bond acceptors (Lipinski definition) is 3. The minimum absolute atomic E-state index is 0.521. The quantitative estimate of drug-likeness (QED) is 0.637. The number of likely N-dealkylation sites (tertiary alicyclic amines) is 1. The van der Waals surface area contributed by atoms with Crippen LogP contribution in [0.25, 0.3) is 0 Å². The first-order valence-electron chi connectivity index (χ1n) is 9.10. The van der Waals surface area contributed by atoms with E-state index < -0.39 is 0 Å². The van der Waals surface area contributed by atoms with Crippen molar-refractivity contribution in [2.75, 3.05) is 26.7 Å². The van der Waals surface area contributed by atoms with Gasteiger partial charge >= 0.3 is 0 Å². The van der Waals surface area contributed by atoms with Crippen molar-refractivity contribution in [1.29, 1.82) is 0 Å². The normalized spacial score (nSPS) is 20.9. The standard InChI is InChI=1S/C18H34N6/c1-13-8-7-9-24(12-13)14(2)10-20-18(19-5)21-11-17-15(3)22-23(6)16(17)4/h13-14H,7-12H2,1-6H3,(H2,19,20,21). The molecule has 1 aliphatic rings. The fourth-order valence-corrected chi connectivity index (χ4v) is 3.47. The molecule has 0 saturated carbocycles. The third-order valence-electron chi connectivity index (χ3n) is 5.19. The van der Waals surface area contributed by atoms with Crippen molar-refractivity contribution in [3.8, 4) is 0 Å². The van der Waals surface area contributed by atoms with E-state index in [9.17, 15) is 0 Å². The van der Waals surface area contributed by atoms with Gasteiger partial charge in [-0.15, -0.1) is 0 Å². The molecule has 1 aromatic rings. The molecule has 6 heteroatoms. The number of aliphatic imine (C=N–C) groups is 1. The Morgan fingerprint density at radius 2 is 2.12 bits per heavy atom. The van der Waals surface area contributed by atoms with Crippen LogP contribution in [-0.4, -0.2) is 53.4 Å². The highest BCUT2D eigenvalue weighted by molar-refractivity contribution is 5.79. The number of rotatable bonds is 5. The van der Waals surface area contributed by atoms with E-state index in [2.05, 4.69) is 53.3 Å². The Bertz CT molecular complexity index is 562. The highest BCUT2D eigenvalue weighted by atomic mass is 15.3. The summed E-state index contributed by atoms with van der Waals surface area (Å²) in [5, 5.41) is 11.3. The molecule has 1 aliphatic heterocycles. The molecule has 2 atom stereocenters. The Kier molecular flexibility index (Phi) is 6.66. The summed E-state index contributed by atoms with van der Waals surface area (Å²) in [5.41, 5.74) is 3.53. The Morgan fingerprint density at radius 3 is 2.71 bits per heavy atom. The Hall–Kier alpha value is -1.56. The second-order valence-corrected chi connectivity index (χ2v) is 7.17. The largest absolute Gasteiger partial charge is 0.355 e. The molecule has 1 saturated heterocycles. The first kappa shape index (κ1) is 18.8. The Balaban J connectivity index is 1.82.